The molecule has 0 aliphatic carbocycles. The van der Waals surface area contributed by atoms with Crippen LogP contribution in [0.2, 0.25) is 0 Å². The molecule has 0 saturated heterocycles. The fourth-order valence-corrected chi connectivity index (χ4v) is 2.01. The monoisotopic (exact) mass is 278 g/mol. The van der Waals surface area contributed by atoms with Crippen molar-refractivity contribution in [2.75, 3.05) is 0 Å². The van der Waals surface area contributed by atoms with Crippen molar-refractivity contribution in [3.8, 4) is 0 Å². The van der Waals surface area contributed by atoms with Crippen LogP contribution in [0.5, 0.6) is 0 Å². The first-order valence-corrected chi connectivity index (χ1v) is 6.86. The van der Waals surface area contributed by atoms with Gasteiger partial charge in [0.25, 0.3) is 0 Å². The van der Waals surface area contributed by atoms with Crippen LogP contribution in [-0.2, 0) is 11.2 Å². The Labute approximate surface area is 120 Å². The number of benzene rings is 1. The summed E-state index contributed by atoms with van der Waals surface area (Å²) in [6.45, 7) is 3.90. The van der Waals surface area contributed by atoms with Gasteiger partial charge in [-0.05, 0) is 24.3 Å². The lowest BCUT2D eigenvalue weighted by Gasteiger charge is -2.21. The summed E-state index contributed by atoms with van der Waals surface area (Å²) in [6.07, 6.45) is 0.907. The van der Waals surface area contributed by atoms with E-state index in [2.05, 4.69) is 5.32 Å². The predicted molar refractivity (Wildman–Crippen MR) is 79.7 cm³/mol. The van der Waals surface area contributed by atoms with Crippen molar-refractivity contribution in [2.45, 2.75) is 38.7 Å². The lowest BCUT2D eigenvalue weighted by atomic mass is 9.75. The summed E-state index contributed by atoms with van der Waals surface area (Å²) in [5.41, 5.74) is 6.83. The third-order valence-corrected chi connectivity index (χ3v) is 3.05. The van der Waals surface area contributed by atoms with Gasteiger partial charge in [-0.15, -0.1) is 0 Å². The lowest BCUT2D eigenvalue weighted by Crippen LogP contribution is -2.52. The van der Waals surface area contributed by atoms with Gasteiger partial charge in [0.2, 0.25) is 5.91 Å². The molecule has 0 fully saturated rings. The minimum atomic E-state index is -1.58. The van der Waals surface area contributed by atoms with Gasteiger partial charge in [-0.25, -0.2) is 0 Å². The molecule has 5 nitrogen and oxygen atoms in total. The van der Waals surface area contributed by atoms with Gasteiger partial charge in [0.1, 0.15) is 0 Å². The van der Waals surface area contributed by atoms with Crippen LogP contribution in [0.1, 0.15) is 25.8 Å². The molecule has 0 aliphatic heterocycles. The average molecular weight is 278 g/mol. The van der Waals surface area contributed by atoms with Crippen LogP contribution in [0.4, 0.5) is 0 Å². The van der Waals surface area contributed by atoms with Gasteiger partial charge in [-0.1, -0.05) is 44.2 Å². The summed E-state index contributed by atoms with van der Waals surface area (Å²) in [5, 5.41) is 21.2. The van der Waals surface area contributed by atoms with Crippen LogP contribution in [-0.4, -0.2) is 35.1 Å². The minimum absolute atomic E-state index is 0.243. The molecule has 1 unspecified atom stereocenters. The van der Waals surface area contributed by atoms with Crippen molar-refractivity contribution >= 4 is 13.0 Å². The van der Waals surface area contributed by atoms with E-state index in [1.165, 1.54) is 0 Å². The van der Waals surface area contributed by atoms with Gasteiger partial charge < -0.3 is 21.1 Å². The molecule has 6 heteroatoms. The van der Waals surface area contributed by atoms with E-state index in [4.69, 9.17) is 5.73 Å². The summed E-state index contributed by atoms with van der Waals surface area (Å²) >= 11 is 0. The van der Waals surface area contributed by atoms with Gasteiger partial charge in [-0.2, -0.15) is 0 Å². The summed E-state index contributed by atoms with van der Waals surface area (Å²) in [7, 11) is -1.58. The molecule has 5 N–H and O–H groups in total. The van der Waals surface area contributed by atoms with Crippen molar-refractivity contribution in [3.63, 3.8) is 0 Å². The highest BCUT2D eigenvalue weighted by Gasteiger charge is 2.27. The lowest BCUT2D eigenvalue weighted by molar-refractivity contribution is -0.122. The summed E-state index contributed by atoms with van der Waals surface area (Å²) in [6, 6.07) is 8.78. The fraction of sp³-hybridized carbons (Fsp3) is 0.500. The molecule has 1 rings (SSSR count). The molecule has 20 heavy (non-hydrogen) atoms. The van der Waals surface area contributed by atoms with E-state index in [-0.39, 0.29) is 11.8 Å². The number of nitrogens with one attached hydrogen (secondary N) is 1. The van der Waals surface area contributed by atoms with Crippen LogP contribution < -0.4 is 11.1 Å². The number of nitrogens with two attached hydrogens (primary N) is 1. The average Bonchev–Trinajstić information content (AvgIpc) is 2.38. The van der Waals surface area contributed by atoms with Crippen molar-refractivity contribution in [1.29, 1.82) is 0 Å². The van der Waals surface area contributed by atoms with Crippen LogP contribution in [0.3, 0.4) is 0 Å². The predicted octanol–water partition coefficient (Wildman–Crippen LogP) is 0.0993. The van der Waals surface area contributed by atoms with Crippen molar-refractivity contribution in [3.05, 3.63) is 35.9 Å². The standard InChI is InChI=1S/C14H23BN2O3/c1-10(2)8-13(15(19)20)17-14(18)12(16)9-11-6-4-3-5-7-11/h3-7,10,12-13,19-20H,8-9,16H2,1-2H3,(H,17,18)/t12?,13-/m0/s1. The molecule has 0 bridgehead atoms. The Morgan fingerprint density at radius 2 is 1.90 bits per heavy atom. The quantitative estimate of drug-likeness (QED) is 0.532. The zero-order valence-corrected chi connectivity index (χ0v) is 12.0. The summed E-state index contributed by atoms with van der Waals surface area (Å²) < 4.78 is 0. The smallest absolute Gasteiger partial charge is 0.426 e. The summed E-state index contributed by atoms with van der Waals surface area (Å²) in [4.78, 5) is 12.0. The number of hydrogen-bond acceptors (Lipinski definition) is 4. The van der Waals surface area contributed by atoms with Gasteiger partial charge in [0, 0.05) is 0 Å². The molecule has 2 atom stereocenters. The second-order valence-corrected chi connectivity index (χ2v) is 5.45. The van der Waals surface area contributed by atoms with E-state index in [0.29, 0.717) is 12.8 Å². The number of rotatable bonds is 7. The Bertz CT molecular complexity index is 412. The van der Waals surface area contributed by atoms with E-state index in [1.54, 1.807) is 0 Å². The molecular weight excluding hydrogens is 255 g/mol. The Morgan fingerprint density at radius 1 is 1.30 bits per heavy atom. The van der Waals surface area contributed by atoms with Crippen LogP contribution in [0.15, 0.2) is 30.3 Å². The molecule has 0 saturated carbocycles. The molecule has 1 amide bonds. The van der Waals surface area contributed by atoms with E-state index in [9.17, 15) is 14.8 Å². The van der Waals surface area contributed by atoms with E-state index in [0.717, 1.165) is 5.56 Å². The second-order valence-electron chi connectivity index (χ2n) is 5.45. The largest absolute Gasteiger partial charge is 0.475 e. The minimum Gasteiger partial charge on any atom is -0.426 e. The fourth-order valence-electron chi connectivity index (χ4n) is 2.01. The first-order chi connectivity index (χ1) is 9.40. The van der Waals surface area contributed by atoms with Gasteiger partial charge in [0.15, 0.2) is 0 Å². The Balaban J connectivity index is 2.55. The molecule has 0 radical (unpaired) electrons. The zero-order valence-electron chi connectivity index (χ0n) is 12.0. The van der Waals surface area contributed by atoms with E-state index < -0.39 is 19.1 Å². The highest BCUT2D eigenvalue weighted by Crippen LogP contribution is 2.07. The Hall–Kier alpha value is -1.37. The van der Waals surface area contributed by atoms with Crippen LogP contribution in [0, 0.1) is 5.92 Å². The molecule has 0 aromatic heterocycles. The third-order valence-electron chi connectivity index (χ3n) is 3.05. The van der Waals surface area contributed by atoms with Crippen molar-refractivity contribution in [2.24, 2.45) is 11.7 Å². The zero-order chi connectivity index (χ0) is 15.1. The Kier molecular flexibility index (Phi) is 6.71. The van der Waals surface area contributed by atoms with E-state index in [1.807, 2.05) is 44.2 Å². The molecular formula is C14H23BN2O3. The second kappa shape index (κ2) is 8.04. The molecule has 0 aliphatic rings. The first-order valence-electron chi connectivity index (χ1n) is 6.86. The maximum absolute atomic E-state index is 12.0. The Morgan fingerprint density at radius 3 is 2.40 bits per heavy atom. The number of hydrogen-bond donors (Lipinski definition) is 4. The molecule has 1 aromatic carbocycles. The molecule has 110 valence electrons. The van der Waals surface area contributed by atoms with Crippen LogP contribution in [0.25, 0.3) is 0 Å². The summed E-state index contributed by atoms with van der Waals surface area (Å²) in [5.74, 6) is -0.815. The maximum atomic E-state index is 12.0. The molecule has 1 aromatic rings. The number of amides is 1. The van der Waals surface area contributed by atoms with Gasteiger partial charge >= 0.3 is 7.12 Å². The molecule has 0 spiro atoms. The van der Waals surface area contributed by atoms with Gasteiger partial charge in [-0.3, -0.25) is 4.79 Å². The van der Waals surface area contributed by atoms with Crippen LogP contribution >= 0.6 is 0 Å². The SMILES string of the molecule is CC(C)C[C@H](NC(=O)C(N)Cc1ccccc1)B(O)O. The first kappa shape index (κ1) is 16.7. The topological polar surface area (TPSA) is 95.6 Å². The molecule has 0 heterocycles. The normalized spacial score (nSPS) is 13.9. The number of carbonyl (C=O) groups is 1. The highest BCUT2D eigenvalue weighted by atomic mass is 16.4. The number of carbonyl (C=O) groups excluding carboxylic acids is 1. The maximum Gasteiger partial charge on any atom is 0.475 e. The van der Waals surface area contributed by atoms with Gasteiger partial charge in [0.05, 0.1) is 12.0 Å². The highest BCUT2D eigenvalue weighted by molar-refractivity contribution is 6.43. The third kappa shape index (κ3) is 5.73. The van der Waals surface area contributed by atoms with E-state index >= 15 is 0 Å². The van der Waals surface area contributed by atoms with Crippen molar-refractivity contribution < 1.29 is 14.8 Å². The van der Waals surface area contributed by atoms with Crippen molar-refractivity contribution in [1.82, 2.24) is 5.32 Å².